The molecular formula is C33H29N3O3. The van der Waals surface area contributed by atoms with Crippen LogP contribution < -0.4 is 4.74 Å². The summed E-state index contributed by atoms with van der Waals surface area (Å²) in [4.78, 5) is 15.7. The molecule has 6 rings (SSSR count). The van der Waals surface area contributed by atoms with E-state index >= 15 is 0 Å². The summed E-state index contributed by atoms with van der Waals surface area (Å²) >= 11 is 0. The van der Waals surface area contributed by atoms with E-state index in [0.717, 1.165) is 39.1 Å². The first-order valence-electron chi connectivity index (χ1n) is 13.0. The molecule has 1 aliphatic rings. The topological polar surface area (TPSA) is 78.5 Å². The van der Waals surface area contributed by atoms with E-state index in [2.05, 4.69) is 10.2 Å². The molecule has 0 saturated carbocycles. The highest BCUT2D eigenvalue weighted by Gasteiger charge is 2.42. The molecule has 1 aromatic heterocycles. The van der Waals surface area contributed by atoms with Gasteiger partial charge in [-0.15, -0.1) is 0 Å². The number of carbonyl (C=O) groups is 1. The predicted molar refractivity (Wildman–Crippen MR) is 151 cm³/mol. The van der Waals surface area contributed by atoms with E-state index in [1.54, 1.807) is 6.07 Å². The Hall–Kier alpha value is -4.84. The quantitative estimate of drug-likeness (QED) is 0.252. The van der Waals surface area contributed by atoms with Crippen molar-refractivity contribution in [1.29, 1.82) is 0 Å². The molecule has 0 saturated heterocycles. The summed E-state index contributed by atoms with van der Waals surface area (Å²) < 4.78 is 6.14. The van der Waals surface area contributed by atoms with Crippen molar-refractivity contribution in [3.8, 4) is 22.8 Å². The molecule has 1 amide bonds. The maximum Gasteiger partial charge on any atom is 0.273 e. The number of benzene rings is 4. The molecule has 0 spiro atoms. The zero-order valence-corrected chi connectivity index (χ0v) is 21.9. The normalized spacial score (nSPS) is 14.5. The molecule has 0 aliphatic carbocycles. The average molecular weight is 516 g/mol. The third-order valence-corrected chi connectivity index (χ3v) is 7.18. The SMILES string of the molecule is Cc1cc(C)c(-c2n[nH]c3c2C(c2cccc(OCc4ccccc4)c2)N(Cc2ccccc2)C3=O)c(O)c1. The van der Waals surface area contributed by atoms with Gasteiger partial charge in [0.1, 0.15) is 29.5 Å². The first-order valence-corrected chi connectivity index (χ1v) is 13.0. The van der Waals surface area contributed by atoms with E-state index in [1.807, 2.05) is 110 Å². The predicted octanol–water partition coefficient (Wildman–Crippen LogP) is 6.72. The van der Waals surface area contributed by atoms with Gasteiger partial charge in [-0.05, 0) is 59.9 Å². The van der Waals surface area contributed by atoms with Gasteiger partial charge in [-0.1, -0.05) is 78.9 Å². The zero-order valence-electron chi connectivity index (χ0n) is 21.9. The van der Waals surface area contributed by atoms with Crippen LogP contribution in [0.3, 0.4) is 0 Å². The maximum atomic E-state index is 13.8. The van der Waals surface area contributed by atoms with E-state index in [9.17, 15) is 9.90 Å². The standard InChI is InChI=1S/C33H29N3O3/c1-21-16-22(2)28(27(37)17-21)30-29-31(35-34-30)33(38)36(19-23-10-5-3-6-11-23)32(29)25-14-9-15-26(18-25)39-20-24-12-7-4-8-13-24/h3-18,32,37H,19-20H2,1-2H3,(H,34,35). The Labute approximate surface area is 227 Å². The second-order valence-corrected chi connectivity index (χ2v) is 10.0. The fraction of sp³-hybridized carbons (Fsp3) is 0.152. The summed E-state index contributed by atoms with van der Waals surface area (Å²) in [5.74, 6) is 0.739. The number of hydrogen-bond acceptors (Lipinski definition) is 4. The minimum absolute atomic E-state index is 0.127. The molecule has 4 aromatic carbocycles. The van der Waals surface area contributed by atoms with Gasteiger partial charge in [-0.2, -0.15) is 5.10 Å². The molecule has 0 fully saturated rings. The van der Waals surface area contributed by atoms with Crippen LogP contribution in [0, 0.1) is 13.8 Å². The Morgan fingerprint density at radius 3 is 2.33 bits per heavy atom. The van der Waals surface area contributed by atoms with Crippen molar-refractivity contribution in [3.05, 3.63) is 136 Å². The van der Waals surface area contributed by atoms with Crippen LogP contribution in [0.2, 0.25) is 0 Å². The number of carbonyl (C=O) groups excluding carboxylic acids is 1. The number of H-pyrrole nitrogens is 1. The van der Waals surface area contributed by atoms with E-state index in [4.69, 9.17) is 4.74 Å². The summed E-state index contributed by atoms with van der Waals surface area (Å²) in [7, 11) is 0. The maximum absolute atomic E-state index is 13.8. The highest BCUT2D eigenvalue weighted by Crippen LogP contribution is 2.46. The molecular weight excluding hydrogens is 486 g/mol. The first-order chi connectivity index (χ1) is 19.0. The number of nitrogens with one attached hydrogen (secondary N) is 1. The second kappa shape index (κ2) is 10.1. The number of fused-ring (bicyclic) bond motifs is 1. The van der Waals surface area contributed by atoms with Gasteiger partial charge in [0, 0.05) is 17.7 Å². The van der Waals surface area contributed by atoms with Gasteiger partial charge in [0.25, 0.3) is 5.91 Å². The van der Waals surface area contributed by atoms with Gasteiger partial charge in [-0.3, -0.25) is 9.89 Å². The van der Waals surface area contributed by atoms with Gasteiger partial charge in [-0.25, -0.2) is 0 Å². The second-order valence-electron chi connectivity index (χ2n) is 10.0. The molecule has 0 bridgehead atoms. The lowest BCUT2D eigenvalue weighted by Gasteiger charge is -2.27. The molecule has 1 unspecified atom stereocenters. The average Bonchev–Trinajstić information content (AvgIpc) is 3.47. The molecule has 39 heavy (non-hydrogen) atoms. The summed E-state index contributed by atoms with van der Waals surface area (Å²) in [6, 6.07) is 31.2. The molecule has 194 valence electrons. The van der Waals surface area contributed by atoms with E-state index in [1.165, 1.54) is 0 Å². The number of phenols is 1. The molecule has 0 radical (unpaired) electrons. The van der Waals surface area contributed by atoms with Crippen LogP contribution in [0.4, 0.5) is 0 Å². The Morgan fingerprint density at radius 1 is 0.897 bits per heavy atom. The van der Waals surface area contributed by atoms with Crippen LogP contribution >= 0.6 is 0 Å². The Morgan fingerprint density at radius 2 is 1.62 bits per heavy atom. The Kier molecular flexibility index (Phi) is 6.37. The number of phenolic OH excluding ortho intramolecular Hbond substituents is 1. The number of hydrogen-bond donors (Lipinski definition) is 2. The van der Waals surface area contributed by atoms with E-state index in [-0.39, 0.29) is 11.7 Å². The first kappa shape index (κ1) is 24.5. The smallest absolute Gasteiger partial charge is 0.273 e. The molecule has 2 heterocycles. The third-order valence-electron chi connectivity index (χ3n) is 7.18. The number of aryl methyl sites for hydroxylation is 2. The number of ether oxygens (including phenoxy) is 1. The molecule has 6 heteroatoms. The lowest BCUT2D eigenvalue weighted by atomic mass is 9.93. The van der Waals surface area contributed by atoms with Crippen LogP contribution in [0.15, 0.2) is 97.1 Å². The van der Waals surface area contributed by atoms with Crippen molar-refractivity contribution in [2.75, 3.05) is 0 Å². The zero-order chi connectivity index (χ0) is 26.9. The third kappa shape index (κ3) is 4.66. The van der Waals surface area contributed by atoms with Crippen molar-refractivity contribution in [2.24, 2.45) is 0 Å². The summed E-state index contributed by atoms with van der Waals surface area (Å²) in [6.07, 6.45) is 0. The van der Waals surface area contributed by atoms with Gasteiger partial charge in [0.2, 0.25) is 0 Å². The van der Waals surface area contributed by atoms with Crippen molar-refractivity contribution in [2.45, 2.75) is 33.0 Å². The highest BCUT2D eigenvalue weighted by atomic mass is 16.5. The van der Waals surface area contributed by atoms with Crippen molar-refractivity contribution < 1.29 is 14.6 Å². The Balaban J connectivity index is 1.44. The fourth-order valence-corrected chi connectivity index (χ4v) is 5.45. The molecule has 6 nitrogen and oxygen atoms in total. The van der Waals surface area contributed by atoms with E-state index in [0.29, 0.717) is 30.1 Å². The van der Waals surface area contributed by atoms with Crippen LogP contribution in [0.1, 0.15) is 49.9 Å². The molecule has 1 atom stereocenters. The number of amides is 1. The lowest BCUT2D eigenvalue weighted by Crippen LogP contribution is -2.29. The summed E-state index contributed by atoms with van der Waals surface area (Å²) in [5, 5.41) is 18.5. The monoisotopic (exact) mass is 515 g/mol. The minimum Gasteiger partial charge on any atom is -0.507 e. The van der Waals surface area contributed by atoms with Crippen LogP contribution in [0.25, 0.3) is 11.3 Å². The number of rotatable bonds is 7. The molecule has 2 N–H and O–H groups in total. The van der Waals surface area contributed by atoms with E-state index < -0.39 is 6.04 Å². The number of aromatic hydroxyl groups is 1. The van der Waals surface area contributed by atoms with Crippen molar-refractivity contribution in [3.63, 3.8) is 0 Å². The van der Waals surface area contributed by atoms with Crippen LogP contribution in [0.5, 0.6) is 11.5 Å². The molecule has 1 aliphatic heterocycles. The Bertz CT molecular complexity index is 1620. The van der Waals surface area contributed by atoms with Gasteiger partial charge >= 0.3 is 0 Å². The fourth-order valence-electron chi connectivity index (χ4n) is 5.45. The molecule has 5 aromatic rings. The summed E-state index contributed by atoms with van der Waals surface area (Å²) in [5.41, 5.74) is 7.31. The van der Waals surface area contributed by atoms with Crippen LogP contribution in [-0.4, -0.2) is 26.1 Å². The van der Waals surface area contributed by atoms with Crippen molar-refractivity contribution >= 4 is 5.91 Å². The number of nitrogens with zero attached hydrogens (tertiary/aromatic N) is 2. The lowest BCUT2D eigenvalue weighted by molar-refractivity contribution is 0.0730. The van der Waals surface area contributed by atoms with Crippen molar-refractivity contribution in [1.82, 2.24) is 15.1 Å². The number of aromatic nitrogens is 2. The highest BCUT2D eigenvalue weighted by molar-refractivity contribution is 6.00. The van der Waals surface area contributed by atoms with Gasteiger partial charge in [0.15, 0.2) is 0 Å². The van der Waals surface area contributed by atoms with Gasteiger partial charge in [0.05, 0.1) is 6.04 Å². The van der Waals surface area contributed by atoms with Gasteiger partial charge < -0.3 is 14.7 Å². The minimum atomic E-state index is -0.415. The van der Waals surface area contributed by atoms with Crippen LogP contribution in [-0.2, 0) is 13.2 Å². The summed E-state index contributed by atoms with van der Waals surface area (Å²) in [6.45, 7) is 4.77. The largest absolute Gasteiger partial charge is 0.507 e. The number of aromatic amines is 1.